The van der Waals surface area contributed by atoms with Gasteiger partial charge in [0.15, 0.2) is 0 Å². The largest absolute Gasteiger partial charge is 0.395 e. The highest BCUT2D eigenvalue weighted by molar-refractivity contribution is 7.89. The molecule has 0 unspecified atom stereocenters. The molecule has 0 spiro atoms. The van der Waals surface area contributed by atoms with Gasteiger partial charge in [0.2, 0.25) is 10.0 Å². The summed E-state index contributed by atoms with van der Waals surface area (Å²) in [6.45, 7) is 0.633. The van der Waals surface area contributed by atoms with E-state index in [9.17, 15) is 8.42 Å². The van der Waals surface area contributed by atoms with Crippen LogP contribution in [0.4, 0.5) is 0 Å². The van der Waals surface area contributed by atoms with Crippen LogP contribution in [-0.4, -0.2) is 48.1 Å². The number of aliphatic hydroxyl groups excluding tert-OH is 2. The van der Waals surface area contributed by atoms with Crippen molar-refractivity contribution in [3.05, 3.63) is 11.9 Å². The number of nitrogens with zero attached hydrogens (tertiary/aromatic N) is 1. The standard InChI is InChI=1S/C7H13N3O4S/c1-5-7(2-8-9-5)15(13,14)10-6(3-11)4-12/h2,6,10-12H,3-4H2,1H3,(H,8,9). The van der Waals surface area contributed by atoms with Crippen LogP contribution in [0.2, 0.25) is 0 Å². The normalized spacial score (nSPS) is 12.3. The van der Waals surface area contributed by atoms with Crippen LogP contribution in [0.3, 0.4) is 0 Å². The molecule has 1 heterocycles. The molecule has 1 aromatic heterocycles. The Kier molecular flexibility index (Phi) is 3.80. The maximum atomic E-state index is 11.6. The van der Waals surface area contributed by atoms with Gasteiger partial charge in [-0.3, -0.25) is 5.10 Å². The maximum Gasteiger partial charge on any atom is 0.244 e. The van der Waals surface area contributed by atoms with Crippen molar-refractivity contribution in [3.8, 4) is 0 Å². The molecule has 0 radical (unpaired) electrons. The van der Waals surface area contributed by atoms with Gasteiger partial charge in [0.25, 0.3) is 0 Å². The van der Waals surface area contributed by atoms with Gasteiger partial charge in [0.05, 0.1) is 31.1 Å². The van der Waals surface area contributed by atoms with Gasteiger partial charge in [-0.25, -0.2) is 13.1 Å². The van der Waals surface area contributed by atoms with E-state index >= 15 is 0 Å². The van der Waals surface area contributed by atoms with E-state index in [4.69, 9.17) is 10.2 Å². The van der Waals surface area contributed by atoms with Gasteiger partial charge in [0.1, 0.15) is 4.90 Å². The number of aryl methyl sites for hydroxylation is 1. The van der Waals surface area contributed by atoms with Crippen molar-refractivity contribution >= 4 is 10.0 Å². The maximum absolute atomic E-state index is 11.6. The molecule has 0 fully saturated rings. The second-order valence-electron chi connectivity index (χ2n) is 3.04. The number of aromatic nitrogens is 2. The molecule has 0 saturated heterocycles. The fourth-order valence-corrected chi connectivity index (χ4v) is 2.38. The van der Waals surface area contributed by atoms with Crippen LogP contribution in [-0.2, 0) is 10.0 Å². The monoisotopic (exact) mass is 235 g/mol. The van der Waals surface area contributed by atoms with E-state index in [1.165, 1.54) is 6.20 Å². The van der Waals surface area contributed by atoms with Crippen LogP contribution in [0.5, 0.6) is 0 Å². The third-order valence-electron chi connectivity index (χ3n) is 1.84. The van der Waals surface area contributed by atoms with Crippen molar-refractivity contribution in [3.63, 3.8) is 0 Å². The summed E-state index contributed by atoms with van der Waals surface area (Å²) in [6, 6.07) is -0.899. The molecule has 1 aromatic rings. The number of aromatic amines is 1. The number of hydrogen-bond donors (Lipinski definition) is 4. The first kappa shape index (κ1) is 12.1. The van der Waals surface area contributed by atoms with E-state index < -0.39 is 29.3 Å². The van der Waals surface area contributed by atoms with Crippen molar-refractivity contribution in [1.29, 1.82) is 0 Å². The molecule has 86 valence electrons. The summed E-state index contributed by atoms with van der Waals surface area (Å²) >= 11 is 0. The Morgan fingerprint density at radius 1 is 1.53 bits per heavy atom. The van der Waals surface area contributed by atoms with Crippen molar-refractivity contribution < 1.29 is 18.6 Å². The molecule has 15 heavy (non-hydrogen) atoms. The molecular weight excluding hydrogens is 222 g/mol. The van der Waals surface area contributed by atoms with Crippen LogP contribution in [0, 0.1) is 6.92 Å². The Bertz CT molecular complexity index is 410. The van der Waals surface area contributed by atoms with Crippen molar-refractivity contribution in [2.45, 2.75) is 17.9 Å². The molecular formula is C7H13N3O4S. The SMILES string of the molecule is Cc1[nH]ncc1S(=O)(=O)NC(CO)CO. The molecule has 0 saturated carbocycles. The van der Waals surface area contributed by atoms with Crippen molar-refractivity contribution in [2.75, 3.05) is 13.2 Å². The smallest absolute Gasteiger partial charge is 0.244 e. The Balaban J connectivity index is 2.90. The molecule has 0 aliphatic heterocycles. The summed E-state index contributed by atoms with van der Waals surface area (Å²) < 4.78 is 25.4. The summed E-state index contributed by atoms with van der Waals surface area (Å²) in [6.07, 6.45) is 1.17. The summed E-state index contributed by atoms with van der Waals surface area (Å²) in [5.41, 5.74) is 0.400. The van der Waals surface area contributed by atoms with Gasteiger partial charge in [-0.1, -0.05) is 0 Å². The second-order valence-corrected chi connectivity index (χ2v) is 4.73. The average molecular weight is 235 g/mol. The molecule has 7 nitrogen and oxygen atoms in total. The first-order valence-electron chi connectivity index (χ1n) is 4.25. The summed E-state index contributed by atoms with van der Waals surface area (Å²) in [4.78, 5) is 0.00870. The molecule has 0 aromatic carbocycles. The molecule has 0 aliphatic rings. The number of nitrogens with one attached hydrogen (secondary N) is 2. The summed E-state index contributed by atoms with van der Waals surface area (Å²) in [7, 11) is -3.73. The predicted octanol–water partition coefficient (Wildman–Crippen LogP) is -1.65. The van der Waals surface area contributed by atoms with Crippen LogP contribution in [0.15, 0.2) is 11.1 Å². The Hall–Kier alpha value is -0.960. The highest BCUT2D eigenvalue weighted by atomic mass is 32.2. The molecule has 8 heteroatoms. The number of hydrogen-bond acceptors (Lipinski definition) is 5. The zero-order chi connectivity index (χ0) is 11.5. The van der Waals surface area contributed by atoms with Crippen LogP contribution >= 0.6 is 0 Å². The van der Waals surface area contributed by atoms with Gasteiger partial charge in [0, 0.05) is 0 Å². The molecule has 0 bridgehead atoms. The van der Waals surface area contributed by atoms with Gasteiger partial charge in [-0.05, 0) is 6.92 Å². The van der Waals surface area contributed by atoms with E-state index in [1.807, 2.05) is 0 Å². The number of sulfonamides is 1. The van der Waals surface area contributed by atoms with Gasteiger partial charge in [-0.2, -0.15) is 5.10 Å². The average Bonchev–Trinajstić information content (AvgIpc) is 2.61. The quantitative estimate of drug-likeness (QED) is 0.488. The van der Waals surface area contributed by atoms with E-state index in [0.29, 0.717) is 5.69 Å². The minimum Gasteiger partial charge on any atom is -0.395 e. The zero-order valence-corrected chi connectivity index (χ0v) is 8.95. The second kappa shape index (κ2) is 4.71. The molecule has 0 atom stereocenters. The van der Waals surface area contributed by atoms with E-state index in [1.54, 1.807) is 6.92 Å². The minimum absolute atomic E-state index is 0.00870. The lowest BCUT2D eigenvalue weighted by Crippen LogP contribution is -2.40. The molecule has 4 N–H and O–H groups in total. The van der Waals surface area contributed by atoms with Crippen LogP contribution < -0.4 is 4.72 Å². The first-order chi connectivity index (χ1) is 7.01. The fraction of sp³-hybridized carbons (Fsp3) is 0.571. The lowest BCUT2D eigenvalue weighted by Gasteiger charge is -2.12. The Labute approximate surface area is 87.2 Å². The van der Waals surface area contributed by atoms with Gasteiger partial charge >= 0.3 is 0 Å². The van der Waals surface area contributed by atoms with Crippen LogP contribution in [0.25, 0.3) is 0 Å². The zero-order valence-electron chi connectivity index (χ0n) is 8.14. The number of H-pyrrole nitrogens is 1. The molecule has 0 amide bonds. The number of rotatable bonds is 5. The van der Waals surface area contributed by atoms with E-state index in [-0.39, 0.29) is 4.90 Å². The van der Waals surface area contributed by atoms with E-state index in [0.717, 1.165) is 0 Å². The highest BCUT2D eigenvalue weighted by Gasteiger charge is 2.22. The molecule has 1 rings (SSSR count). The van der Waals surface area contributed by atoms with Crippen molar-refractivity contribution in [2.24, 2.45) is 0 Å². The summed E-state index contributed by atoms with van der Waals surface area (Å²) in [5.74, 6) is 0. The van der Waals surface area contributed by atoms with Crippen LogP contribution in [0.1, 0.15) is 5.69 Å². The third kappa shape index (κ3) is 2.75. The fourth-order valence-electron chi connectivity index (χ4n) is 1.03. The van der Waals surface area contributed by atoms with Gasteiger partial charge < -0.3 is 10.2 Å². The lowest BCUT2D eigenvalue weighted by molar-refractivity contribution is 0.185. The lowest BCUT2D eigenvalue weighted by atomic mass is 10.4. The molecule has 0 aliphatic carbocycles. The van der Waals surface area contributed by atoms with Gasteiger partial charge in [-0.15, -0.1) is 0 Å². The predicted molar refractivity (Wildman–Crippen MR) is 51.6 cm³/mol. The highest BCUT2D eigenvalue weighted by Crippen LogP contribution is 2.10. The summed E-state index contributed by atoms with van der Waals surface area (Å²) in [5, 5.41) is 23.6. The Morgan fingerprint density at radius 2 is 2.13 bits per heavy atom. The minimum atomic E-state index is -3.73. The van der Waals surface area contributed by atoms with E-state index in [2.05, 4.69) is 14.9 Å². The Morgan fingerprint density at radius 3 is 2.53 bits per heavy atom. The topological polar surface area (TPSA) is 115 Å². The first-order valence-corrected chi connectivity index (χ1v) is 5.73. The third-order valence-corrected chi connectivity index (χ3v) is 3.47. The number of aliphatic hydroxyl groups is 2. The van der Waals surface area contributed by atoms with Crippen molar-refractivity contribution in [1.82, 2.24) is 14.9 Å².